The van der Waals surface area contributed by atoms with Gasteiger partial charge in [-0.25, -0.2) is 4.79 Å². The topological polar surface area (TPSA) is 58.6 Å². The van der Waals surface area contributed by atoms with Gasteiger partial charge in [-0.3, -0.25) is 9.69 Å². The van der Waals surface area contributed by atoms with Crippen molar-refractivity contribution in [3.8, 4) is 0 Å². The highest BCUT2D eigenvalue weighted by Crippen LogP contribution is 2.40. The number of hydrogen-bond donors (Lipinski definition) is 1. The molecular formula is C23H28N2O3S. The number of esters is 1. The van der Waals surface area contributed by atoms with Crippen LogP contribution >= 0.6 is 11.3 Å². The Kier molecular flexibility index (Phi) is 6.01. The molecule has 2 aromatic rings. The van der Waals surface area contributed by atoms with Gasteiger partial charge in [0.25, 0.3) is 0 Å². The third-order valence-corrected chi connectivity index (χ3v) is 6.99. The molecule has 1 aliphatic carbocycles. The molecule has 0 fully saturated rings. The van der Waals surface area contributed by atoms with Gasteiger partial charge in [-0.15, -0.1) is 11.3 Å². The zero-order valence-corrected chi connectivity index (χ0v) is 17.9. The van der Waals surface area contributed by atoms with Gasteiger partial charge in [0.1, 0.15) is 5.00 Å². The molecule has 0 saturated carbocycles. The summed E-state index contributed by atoms with van der Waals surface area (Å²) in [4.78, 5) is 28.8. The average Bonchev–Trinajstić information content (AvgIpc) is 3.04. The molecule has 2 aliphatic rings. The second kappa shape index (κ2) is 8.67. The van der Waals surface area contributed by atoms with E-state index in [-0.39, 0.29) is 11.9 Å². The lowest BCUT2D eigenvalue weighted by molar-refractivity contribution is -0.117. The molecule has 0 radical (unpaired) electrons. The van der Waals surface area contributed by atoms with Gasteiger partial charge >= 0.3 is 5.97 Å². The summed E-state index contributed by atoms with van der Waals surface area (Å²) in [6.45, 7) is 6.36. The Morgan fingerprint density at radius 2 is 2.03 bits per heavy atom. The quantitative estimate of drug-likeness (QED) is 0.753. The van der Waals surface area contributed by atoms with Crippen molar-refractivity contribution in [3.05, 3.63) is 51.4 Å². The van der Waals surface area contributed by atoms with Gasteiger partial charge in [-0.1, -0.05) is 31.2 Å². The third kappa shape index (κ3) is 4.38. The zero-order valence-electron chi connectivity index (χ0n) is 17.1. The normalized spacial score (nSPS) is 18.6. The number of nitrogens with one attached hydrogen (secondary N) is 1. The van der Waals surface area contributed by atoms with Crippen LogP contribution in [0.25, 0.3) is 0 Å². The summed E-state index contributed by atoms with van der Waals surface area (Å²) in [5.41, 5.74) is 4.32. The number of fused-ring (bicyclic) bond motifs is 2. The first-order chi connectivity index (χ1) is 14.0. The van der Waals surface area contributed by atoms with Gasteiger partial charge in [-0.2, -0.15) is 0 Å². The van der Waals surface area contributed by atoms with E-state index in [9.17, 15) is 9.59 Å². The fourth-order valence-electron chi connectivity index (χ4n) is 4.32. The van der Waals surface area contributed by atoms with E-state index in [0.29, 0.717) is 29.6 Å². The van der Waals surface area contributed by atoms with Gasteiger partial charge in [0.2, 0.25) is 5.91 Å². The Morgan fingerprint density at radius 3 is 2.83 bits per heavy atom. The Balaban J connectivity index is 1.48. The van der Waals surface area contributed by atoms with Gasteiger partial charge in [0, 0.05) is 18.0 Å². The second-order valence-electron chi connectivity index (χ2n) is 8.05. The summed E-state index contributed by atoms with van der Waals surface area (Å²) in [7, 11) is 0. The molecule has 1 aliphatic heterocycles. The maximum atomic E-state index is 12.8. The second-order valence-corrected chi connectivity index (χ2v) is 9.16. The van der Waals surface area contributed by atoms with Crippen LogP contribution in [0.3, 0.4) is 0 Å². The minimum Gasteiger partial charge on any atom is -0.462 e. The molecule has 0 unspecified atom stereocenters. The number of anilines is 1. The van der Waals surface area contributed by atoms with E-state index in [2.05, 4.69) is 35.3 Å². The molecule has 1 aromatic carbocycles. The third-order valence-electron chi connectivity index (χ3n) is 5.82. The summed E-state index contributed by atoms with van der Waals surface area (Å²) < 4.78 is 5.30. The zero-order chi connectivity index (χ0) is 20.4. The first-order valence-corrected chi connectivity index (χ1v) is 11.3. The van der Waals surface area contributed by atoms with Crippen LogP contribution in [-0.2, 0) is 35.3 Å². The number of thiophene rings is 1. The van der Waals surface area contributed by atoms with Gasteiger partial charge in [-0.05, 0) is 55.2 Å². The number of carbonyl (C=O) groups is 2. The number of benzene rings is 1. The Hall–Kier alpha value is -2.18. The molecule has 154 valence electrons. The first-order valence-electron chi connectivity index (χ1n) is 10.5. The van der Waals surface area contributed by atoms with E-state index >= 15 is 0 Å². The number of amides is 1. The van der Waals surface area contributed by atoms with Crippen LogP contribution in [0.4, 0.5) is 5.00 Å². The van der Waals surface area contributed by atoms with E-state index in [1.807, 2.05) is 13.0 Å². The first kappa shape index (κ1) is 20.1. The highest BCUT2D eigenvalue weighted by atomic mass is 32.1. The number of hydrogen-bond acceptors (Lipinski definition) is 5. The predicted molar refractivity (Wildman–Crippen MR) is 116 cm³/mol. The van der Waals surface area contributed by atoms with Crippen LogP contribution in [0.15, 0.2) is 24.3 Å². The van der Waals surface area contributed by atoms with Crippen LogP contribution in [0.2, 0.25) is 0 Å². The van der Waals surface area contributed by atoms with E-state index in [1.54, 1.807) is 11.3 Å². The SMILES string of the molecule is CCOC(=O)c1c(NC(=O)CN2CCc3ccccc3C2)sc2c1CC[C@H](C)C2. The van der Waals surface area contributed by atoms with Crippen molar-refractivity contribution in [2.24, 2.45) is 5.92 Å². The largest absolute Gasteiger partial charge is 0.462 e. The van der Waals surface area contributed by atoms with Crippen LogP contribution in [0.1, 0.15) is 52.2 Å². The van der Waals surface area contributed by atoms with E-state index in [1.165, 1.54) is 16.0 Å². The summed E-state index contributed by atoms with van der Waals surface area (Å²) >= 11 is 1.55. The van der Waals surface area contributed by atoms with Crippen molar-refractivity contribution < 1.29 is 14.3 Å². The summed E-state index contributed by atoms with van der Waals surface area (Å²) in [5.74, 6) is 0.219. The molecule has 4 rings (SSSR count). The Labute approximate surface area is 176 Å². The Morgan fingerprint density at radius 1 is 1.24 bits per heavy atom. The molecule has 2 heterocycles. The molecule has 1 amide bonds. The van der Waals surface area contributed by atoms with Crippen LogP contribution in [0, 0.1) is 5.92 Å². The lowest BCUT2D eigenvalue weighted by atomic mass is 9.88. The highest BCUT2D eigenvalue weighted by Gasteiger charge is 2.29. The average molecular weight is 413 g/mol. The van der Waals surface area contributed by atoms with Gasteiger partial charge < -0.3 is 10.1 Å². The Bertz CT molecular complexity index is 921. The maximum absolute atomic E-state index is 12.8. The lowest BCUT2D eigenvalue weighted by Crippen LogP contribution is -2.37. The molecule has 0 spiro atoms. The van der Waals surface area contributed by atoms with Crippen molar-refractivity contribution in [2.75, 3.05) is 25.0 Å². The van der Waals surface area contributed by atoms with E-state index < -0.39 is 0 Å². The minimum atomic E-state index is -0.318. The van der Waals surface area contributed by atoms with Gasteiger partial charge in [0.05, 0.1) is 18.7 Å². The van der Waals surface area contributed by atoms with Crippen molar-refractivity contribution in [3.63, 3.8) is 0 Å². The number of nitrogens with zero attached hydrogens (tertiary/aromatic N) is 1. The van der Waals surface area contributed by atoms with Gasteiger partial charge in [0.15, 0.2) is 0 Å². The molecule has 1 N–H and O–H groups in total. The number of carbonyl (C=O) groups excluding carboxylic acids is 2. The van der Waals surface area contributed by atoms with Crippen molar-refractivity contribution in [2.45, 2.75) is 46.1 Å². The van der Waals surface area contributed by atoms with Crippen LogP contribution < -0.4 is 5.32 Å². The fourth-order valence-corrected chi connectivity index (χ4v) is 5.73. The van der Waals surface area contributed by atoms with Crippen LogP contribution in [-0.4, -0.2) is 36.5 Å². The van der Waals surface area contributed by atoms with Crippen molar-refractivity contribution in [1.29, 1.82) is 0 Å². The molecule has 0 saturated heterocycles. The van der Waals surface area contributed by atoms with Crippen molar-refractivity contribution in [1.82, 2.24) is 4.90 Å². The molecule has 29 heavy (non-hydrogen) atoms. The minimum absolute atomic E-state index is 0.0680. The standard InChI is InChI=1S/C23H28N2O3S/c1-3-28-23(27)21-18-9-8-15(2)12-19(18)29-22(21)24-20(26)14-25-11-10-16-6-4-5-7-17(16)13-25/h4-7,15H,3,8-14H2,1-2H3,(H,24,26)/t15-/m0/s1. The molecular weight excluding hydrogens is 384 g/mol. The van der Waals surface area contributed by atoms with E-state index in [4.69, 9.17) is 4.74 Å². The summed E-state index contributed by atoms with van der Waals surface area (Å²) in [6.07, 6.45) is 3.87. The van der Waals surface area contributed by atoms with Crippen molar-refractivity contribution >= 4 is 28.2 Å². The van der Waals surface area contributed by atoms with Crippen LogP contribution in [0.5, 0.6) is 0 Å². The molecule has 5 nitrogen and oxygen atoms in total. The summed E-state index contributed by atoms with van der Waals surface area (Å²) in [5, 5.41) is 3.69. The smallest absolute Gasteiger partial charge is 0.341 e. The maximum Gasteiger partial charge on any atom is 0.341 e. The fraction of sp³-hybridized carbons (Fsp3) is 0.478. The molecule has 6 heteroatoms. The van der Waals surface area contributed by atoms with E-state index in [0.717, 1.165) is 44.3 Å². The molecule has 1 atom stereocenters. The monoisotopic (exact) mass is 412 g/mol. The lowest BCUT2D eigenvalue weighted by Gasteiger charge is -2.28. The highest BCUT2D eigenvalue weighted by molar-refractivity contribution is 7.17. The summed E-state index contributed by atoms with van der Waals surface area (Å²) in [6, 6.07) is 8.41. The number of ether oxygens (including phenoxy) is 1. The molecule has 1 aromatic heterocycles. The molecule has 0 bridgehead atoms. The predicted octanol–water partition coefficient (Wildman–Crippen LogP) is 4.05. The number of rotatable bonds is 5.